The van der Waals surface area contributed by atoms with E-state index in [1.807, 2.05) is 42.6 Å². The molecule has 1 heterocycles. The number of hydrogen-bond acceptors (Lipinski definition) is 5. The molecule has 8 heteroatoms. The average molecular weight is 519 g/mol. The Labute approximate surface area is 188 Å². The molecule has 1 atom stereocenters. The van der Waals surface area contributed by atoms with Gasteiger partial charge in [-0.05, 0) is 49.4 Å². The zero-order valence-corrected chi connectivity index (χ0v) is 20.0. The highest BCUT2D eigenvalue weighted by Crippen LogP contribution is 2.27. The highest BCUT2D eigenvalue weighted by atomic mass is 127. The number of guanidine groups is 1. The molecule has 6 nitrogen and oxygen atoms in total. The normalized spacial score (nSPS) is 13.2. The van der Waals surface area contributed by atoms with Crippen molar-refractivity contribution in [2.75, 3.05) is 33.9 Å². The third-order valence-corrected chi connectivity index (χ3v) is 5.22. The maximum absolute atomic E-state index is 10.6. The summed E-state index contributed by atoms with van der Waals surface area (Å²) in [7, 11) is 3.26. The lowest BCUT2D eigenvalue weighted by Gasteiger charge is -2.20. The van der Waals surface area contributed by atoms with Gasteiger partial charge in [-0.3, -0.25) is 0 Å². The predicted molar refractivity (Wildman–Crippen MR) is 127 cm³/mol. The summed E-state index contributed by atoms with van der Waals surface area (Å²) in [6, 6.07) is 9.77. The Balaban J connectivity index is 0.00000392. The van der Waals surface area contributed by atoms with Gasteiger partial charge in [0.25, 0.3) is 0 Å². The number of halogens is 1. The van der Waals surface area contributed by atoms with Crippen LogP contribution in [0.3, 0.4) is 0 Å². The maximum Gasteiger partial charge on any atom is 0.191 e. The number of thiophene rings is 1. The molecule has 2 rings (SSSR count). The van der Waals surface area contributed by atoms with Crippen molar-refractivity contribution in [1.82, 2.24) is 10.6 Å². The third-order valence-electron chi connectivity index (χ3n) is 4.10. The van der Waals surface area contributed by atoms with Gasteiger partial charge in [0.05, 0.1) is 20.8 Å². The first-order chi connectivity index (χ1) is 13.0. The Morgan fingerprint density at radius 2 is 1.93 bits per heavy atom. The van der Waals surface area contributed by atoms with Crippen molar-refractivity contribution in [2.24, 2.45) is 4.99 Å². The first kappa shape index (κ1) is 24.5. The van der Waals surface area contributed by atoms with Crippen LogP contribution in [0.4, 0.5) is 0 Å². The van der Waals surface area contributed by atoms with Crippen molar-refractivity contribution in [3.8, 4) is 11.5 Å². The monoisotopic (exact) mass is 519 g/mol. The van der Waals surface area contributed by atoms with Crippen molar-refractivity contribution >= 4 is 41.3 Å². The van der Waals surface area contributed by atoms with Crippen LogP contribution in [0.1, 0.15) is 24.3 Å². The molecule has 156 valence electrons. The van der Waals surface area contributed by atoms with Gasteiger partial charge in [-0.2, -0.15) is 0 Å². The topological polar surface area (TPSA) is 75.1 Å². The van der Waals surface area contributed by atoms with Crippen molar-refractivity contribution in [1.29, 1.82) is 0 Å². The molecule has 0 amide bonds. The standard InChI is InChI=1S/C20H29N3O3S.HI/c1-5-21-19(23-14-20(2,24)18-7-6-12-27-18)22-11-10-15-8-9-16(25-3)17(13-15)26-4;/h6-9,12-13,24H,5,10-11,14H2,1-4H3,(H2,21,22,23);1H. The largest absolute Gasteiger partial charge is 0.493 e. The summed E-state index contributed by atoms with van der Waals surface area (Å²) < 4.78 is 10.6. The number of aliphatic hydroxyl groups is 1. The summed E-state index contributed by atoms with van der Waals surface area (Å²) in [6.45, 7) is 5.56. The molecule has 0 saturated carbocycles. The Morgan fingerprint density at radius 3 is 2.54 bits per heavy atom. The van der Waals surface area contributed by atoms with Crippen LogP contribution in [-0.2, 0) is 12.0 Å². The summed E-state index contributed by atoms with van der Waals surface area (Å²) in [4.78, 5) is 5.45. The Bertz CT molecular complexity index is 736. The lowest BCUT2D eigenvalue weighted by molar-refractivity contribution is 0.0711. The van der Waals surface area contributed by atoms with Crippen LogP contribution in [0, 0.1) is 0 Å². The first-order valence-electron chi connectivity index (χ1n) is 8.99. The van der Waals surface area contributed by atoms with E-state index in [9.17, 15) is 5.11 Å². The minimum Gasteiger partial charge on any atom is -0.493 e. The molecule has 3 N–H and O–H groups in total. The summed E-state index contributed by atoms with van der Waals surface area (Å²) in [5.74, 6) is 2.14. The number of hydrogen-bond donors (Lipinski definition) is 3. The minimum atomic E-state index is -0.972. The number of ether oxygens (including phenoxy) is 2. The van der Waals surface area contributed by atoms with Crippen LogP contribution in [0.2, 0.25) is 0 Å². The van der Waals surface area contributed by atoms with E-state index >= 15 is 0 Å². The quantitative estimate of drug-likeness (QED) is 0.269. The molecule has 1 unspecified atom stereocenters. The van der Waals surface area contributed by atoms with Crippen LogP contribution in [0.5, 0.6) is 11.5 Å². The highest BCUT2D eigenvalue weighted by Gasteiger charge is 2.23. The Morgan fingerprint density at radius 1 is 1.18 bits per heavy atom. The van der Waals surface area contributed by atoms with Crippen LogP contribution in [0.15, 0.2) is 40.7 Å². The zero-order chi connectivity index (χ0) is 19.7. The number of methoxy groups -OCH3 is 2. The second-order valence-corrected chi connectivity index (χ2v) is 7.26. The molecule has 2 aromatic rings. The van der Waals surface area contributed by atoms with Gasteiger partial charge < -0.3 is 25.2 Å². The van der Waals surface area contributed by atoms with Gasteiger partial charge in [-0.1, -0.05) is 12.1 Å². The summed E-state index contributed by atoms with van der Waals surface area (Å²) in [6.07, 6.45) is 0.812. The van der Waals surface area contributed by atoms with E-state index in [0.717, 1.165) is 34.9 Å². The number of benzene rings is 1. The second kappa shape index (κ2) is 12.1. The summed E-state index contributed by atoms with van der Waals surface area (Å²) in [5, 5.41) is 19.1. The molecule has 0 spiro atoms. The van der Waals surface area contributed by atoms with Gasteiger partial charge in [0.1, 0.15) is 5.60 Å². The fourth-order valence-electron chi connectivity index (χ4n) is 2.60. The Kier molecular flexibility index (Phi) is 10.6. The highest BCUT2D eigenvalue weighted by molar-refractivity contribution is 14.0. The molecule has 0 saturated heterocycles. The second-order valence-electron chi connectivity index (χ2n) is 6.31. The van der Waals surface area contributed by atoms with E-state index in [2.05, 4.69) is 15.6 Å². The Hall–Kier alpha value is -1.52. The SMILES string of the molecule is CCNC(=NCC(C)(O)c1cccs1)NCCc1ccc(OC)c(OC)c1.I. The third kappa shape index (κ3) is 7.14. The molecule has 28 heavy (non-hydrogen) atoms. The molecule has 1 aromatic heterocycles. The molecular weight excluding hydrogens is 489 g/mol. The van der Waals surface area contributed by atoms with Gasteiger partial charge in [0.15, 0.2) is 17.5 Å². The lowest BCUT2D eigenvalue weighted by Crippen LogP contribution is -2.39. The predicted octanol–water partition coefficient (Wildman–Crippen LogP) is 3.39. The van der Waals surface area contributed by atoms with Crippen molar-refractivity contribution in [3.63, 3.8) is 0 Å². The molecule has 0 aliphatic carbocycles. The number of aliphatic imine (C=N–C) groups is 1. The van der Waals surface area contributed by atoms with Crippen LogP contribution >= 0.6 is 35.3 Å². The van der Waals surface area contributed by atoms with E-state index in [0.29, 0.717) is 19.0 Å². The minimum absolute atomic E-state index is 0. The van der Waals surface area contributed by atoms with Crippen molar-refractivity contribution in [2.45, 2.75) is 25.9 Å². The molecule has 0 aliphatic rings. The molecule has 0 fully saturated rings. The zero-order valence-electron chi connectivity index (χ0n) is 16.8. The molecule has 0 bridgehead atoms. The van der Waals surface area contributed by atoms with Crippen molar-refractivity contribution < 1.29 is 14.6 Å². The van der Waals surface area contributed by atoms with E-state index < -0.39 is 5.60 Å². The maximum atomic E-state index is 10.6. The van der Waals surface area contributed by atoms with E-state index in [-0.39, 0.29) is 24.0 Å². The summed E-state index contributed by atoms with van der Waals surface area (Å²) in [5.41, 5.74) is 0.168. The van der Waals surface area contributed by atoms with Gasteiger partial charge >= 0.3 is 0 Å². The lowest BCUT2D eigenvalue weighted by atomic mass is 10.1. The molecule has 1 aromatic carbocycles. The van der Waals surface area contributed by atoms with Gasteiger partial charge in [0, 0.05) is 18.0 Å². The number of rotatable bonds is 9. The van der Waals surface area contributed by atoms with Gasteiger partial charge in [-0.25, -0.2) is 4.99 Å². The molecule has 0 aliphatic heterocycles. The fraction of sp³-hybridized carbons (Fsp3) is 0.450. The fourth-order valence-corrected chi connectivity index (χ4v) is 3.38. The number of nitrogens with zero attached hydrogens (tertiary/aromatic N) is 1. The van der Waals surface area contributed by atoms with Crippen LogP contribution < -0.4 is 20.1 Å². The smallest absolute Gasteiger partial charge is 0.191 e. The molecule has 0 radical (unpaired) electrons. The summed E-state index contributed by atoms with van der Waals surface area (Å²) >= 11 is 1.53. The first-order valence-corrected chi connectivity index (χ1v) is 9.87. The van der Waals surface area contributed by atoms with Crippen LogP contribution in [0.25, 0.3) is 0 Å². The molecular formula is C20H30IN3O3S. The van der Waals surface area contributed by atoms with Gasteiger partial charge in [0.2, 0.25) is 0 Å². The average Bonchev–Trinajstić information content (AvgIpc) is 3.22. The van der Waals surface area contributed by atoms with E-state index in [1.165, 1.54) is 11.3 Å². The van der Waals surface area contributed by atoms with Crippen LogP contribution in [-0.4, -0.2) is 44.9 Å². The van der Waals surface area contributed by atoms with E-state index in [1.54, 1.807) is 21.1 Å². The van der Waals surface area contributed by atoms with Crippen molar-refractivity contribution in [3.05, 3.63) is 46.2 Å². The van der Waals surface area contributed by atoms with Gasteiger partial charge in [-0.15, -0.1) is 35.3 Å². The number of nitrogens with one attached hydrogen (secondary N) is 2. The van der Waals surface area contributed by atoms with E-state index in [4.69, 9.17) is 9.47 Å².